The minimum absolute atomic E-state index is 0.0328. The van der Waals surface area contributed by atoms with E-state index in [1.807, 2.05) is 29.2 Å². The normalized spacial score (nSPS) is 17.8. The molecule has 0 radical (unpaired) electrons. The van der Waals surface area contributed by atoms with E-state index in [2.05, 4.69) is 13.0 Å². The van der Waals surface area contributed by atoms with Crippen LogP contribution in [-0.2, 0) is 16.0 Å². The van der Waals surface area contributed by atoms with Crippen molar-refractivity contribution in [3.05, 3.63) is 41.6 Å². The highest BCUT2D eigenvalue weighted by molar-refractivity contribution is 5.93. The van der Waals surface area contributed by atoms with E-state index in [0.29, 0.717) is 0 Å². The Hall–Kier alpha value is -2.28. The molecule has 1 heterocycles. The van der Waals surface area contributed by atoms with Crippen LogP contribution in [0.1, 0.15) is 19.4 Å². The summed E-state index contributed by atoms with van der Waals surface area (Å²) in [5.41, 5.74) is 2.31. The number of hydrogen-bond acceptors (Lipinski definition) is 4. The van der Waals surface area contributed by atoms with E-state index >= 15 is 0 Å². The number of ether oxygens (including phenoxy) is 1. The van der Waals surface area contributed by atoms with Crippen LogP contribution in [0.25, 0.3) is 0 Å². The molecule has 19 heavy (non-hydrogen) atoms. The first-order valence-electron chi connectivity index (χ1n) is 6.32. The Labute approximate surface area is 112 Å². The number of nitrogens with zero attached hydrogens (tertiary/aromatic N) is 2. The summed E-state index contributed by atoms with van der Waals surface area (Å²) in [4.78, 5) is 13.6. The van der Waals surface area contributed by atoms with Gasteiger partial charge in [-0.1, -0.05) is 18.2 Å². The van der Waals surface area contributed by atoms with Crippen LogP contribution in [0.2, 0.25) is 0 Å². The van der Waals surface area contributed by atoms with E-state index in [0.717, 1.165) is 12.1 Å². The number of fused-ring (bicyclic) bond motifs is 1. The van der Waals surface area contributed by atoms with Crippen LogP contribution in [0.4, 0.5) is 5.69 Å². The number of anilines is 1. The van der Waals surface area contributed by atoms with Gasteiger partial charge in [0.2, 0.25) is 0 Å². The molecule has 1 aliphatic heterocycles. The van der Waals surface area contributed by atoms with Crippen molar-refractivity contribution >= 4 is 11.7 Å². The standard InChI is InChI=1S/C15H16N2O2/c1-3-19-15(18)13(9-16)10-17-11(2)8-12-6-4-5-7-14(12)17/h4-7,10-11H,3,8H2,1-2H3/b13-10+. The molecule has 0 saturated carbocycles. The fourth-order valence-corrected chi connectivity index (χ4v) is 2.26. The Morgan fingerprint density at radius 3 is 3.00 bits per heavy atom. The van der Waals surface area contributed by atoms with E-state index < -0.39 is 5.97 Å². The van der Waals surface area contributed by atoms with E-state index in [1.165, 1.54) is 5.56 Å². The molecular weight excluding hydrogens is 240 g/mol. The van der Waals surface area contributed by atoms with E-state index in [1.54, 1.807) is 13.1 Å². The number of para-hydroxylation sites is 1. The molecule has 0 aliphatic carbocycles. The van der Waals surface area contributed by atoms with Gasteiger partial charge in [0, 0.05) is 17.9 Å². The molecule has 1 aromatic rings. The summed E-state index contributed by atoms with van der Waals surface area (Å²) in [6.07, 6.45) is 2.50. The average molecular weight is 256 g/mol. The molecule has 98 valence electrons. The first kappa shape index (κ1) is 13.2. The van der Waals surface area contributed by atoms with Gasteiger partial charge < -0.3 is 9.64 Å². The first-order valence-corrected chi connectivity index (χ1v) is 6.32. The summed E-state index contributed by atoms with van der Waals surface area (Å²) >= 11 is 0. The van der Waals surface area contributed by atoms with Crippen LogP contribution >= 0.6 is 0 Å². The smallest absolute Gasteiger partial charge is 0.350 e. The summed E-state index contributed by atoms with van der Waals surface area (Å²) in [5, 5.41) is 9.07. The lowest BCUT2D eigenvalue weighted by Crippen LogP contribution is -2.25. The van der Waals surface area contributed by atoms with Gasteiger partial charge in [0.15, 0.2) is 5.57 Å². The van der Waals surface area contributed by atoms with Crippen molar-refractivity contribution < 1.29 is 9.53 Å². The van der Waals surface area contributed by atoms with Crippen LogP contribution in [0.3, 0.4) is 0 Å². The fourth-order valence-electron chi connectivity index (χ4n) is 2.26. The van der Waals surface area contributed by atoms with Crippen LogP contribution in [0.5, 0.6) is 0 Å². The number of esters is 1. The molecule has 0 fully saturated rings. The first-order chi connectivity index (χ1) is 9.17. The summed E-state index contributed by atoms with van der Waals surface area (Å²) in [6.45, 7) is 4.06. The molecule has 1 atom stereocenters. The van der Waals surface area contributed by atoms with Gasteiger partial charge in [-0.2, -0.15) is 5.26 Å². The molecule has 4 heteroatoms. The van der Waals surface area contributed by atoms with Crippen molar-refractivity contribution in [1.29, 1.82) is 5.26 Å². The Morgan fingerprint density at radius 1 is 1.58 bits per heavy atom. The second-order valence-corrected chi connectivity index (χ2v) is 4.46. The topological polar surface area (TPSA) is 53.3 Å². The van der Waals surface area contributed by atoms with Crippen molar-refractivity contribution in [1.82, 2.24) is 0 Å². The largest absolute Gasteiger partial charge is 0.462 e. The van der Waals surface area contributed by atoms with Crippen LogP contribution in [0.15, 0.2) is 36.0 Å². The SMILES string of the molecule is CCOC(=O)/C(C#N)=C/N1c2ccccc2CC1C. The Morgan fingerprint density at radius 2 is 2.32 bits per heavy atom. The lowest BCUT2D eigenvalue weighted by Gasteiger charge is -2.20. The van der Waals surface area contributed by atoms with Crippen molar-refractivity contribution in [2.24, 2.45) is 0 Å². The predicted molar refractivity (Wildman–Crippen MR) is 72.4 cm³/mol. The Bertz CT molecular complexity index is 558. The zero-order valence-corrected chi connectivity index (χ0v) is 11.1. The number of nitriles is 1. The molecule has 0 amide bonds. The predicted octanol–water partition coefficient (Wildman–Crippen LogP) is 2.41. The highest BCUT2D eigenvalue weighted by Gasteiger charge is 2.25. The maximum Gasteiger partial charge on any atom is 0.350 e. The fraction of sp³-hybridized carbons (Fsp3) is 0.333. The van der Waals surface area contributed by atoms with Gasteiger partial charge in [-0.15, -0.1) is 0 Å². The molecule has 1 unspecified atom stereocenters. The number of rotatable bonds is 3. The molecule has 0 spiro atoms. The van der Waals surface area contributed by atoms with Gasteiger partial charge in [-0.25, -0.2) is 4.79 Å². The van der Waals surface area contributed by atoms with Crippen molar-refractivity contribution in [3.63, 3.8) is 0 Å². The number of carbonyl (C=O) groups is 1. The minimum Gasteiger partial charge on any atom is -0.462 e. The third-order valence-corrected chi connectivity index (χ3v) is 3.14. The third kappa shape index (κ3) is 2.60. The summed E-state index contributed by atoms with van der Waals surface area (Å²) < 4.78 is 4.87. The number of benzene rings is 1. The molecular formula is C15H16N2O2. The van der Waals surface area contributed by atoms with Gasteiger partial charge in [0.25, 0.3) is 0 Å². The quantitative estimate of drug-likeness (QED) is 0.473. The molecule has 2 rings (SSSR count). The second-order valence-electron chi connectivity index (χ2n) is 4.46. The zero-order chi connectivity index (χ0) is 13.8. The second kappa shape index (κ2) is 5.57. The van der Waals surface area contributed by atoms with Gasteiger partial charge in [0.1, 0.15) is 6.07 Å². The highest BCUT2D eigenvalue weighted by Crippen LogP contribution is 2.32. The Kier molecular flexibility index (Phi) is 3.86. The van der Waals surface area contributed by atoms with E-state index in [-0.39, 0.29) is 18.2 Å². The molecule has 0 aromatic heterocycles. The monoisotopic (exact) mass is 256 g/mol. The average Bonchev–Trinajstić information content (AvgIpc) is 2.72. The minimum atomic E-state index is -0.568. The zero-order valence-electron chi connectivity index (χ0n) is 11.1. The van der Waals surface area contributed by atoms with Crippen LogP contribution in [-0.4, -0.2) is 18.6 Å². The molecule has 1 aliphatic rings. The van der Waals surface area contributed by atoms with Crippen LogP contribution < -0.4 is 4.90 Å². The van der Waals surface area contributed by atoms with E-state index in [9.17, 15) is 4.79 Å². The highest BCUT2D eigenvalue weighted by atomic mass is 16.5. The summed E-state index contributed by atoms with van der Waals surface area (Å²) in [7, 11) is 0. The maximum atomic E-state index is 11.6. The van der Waals surface area contributed by atoms with Gasteiger partial charge >= 0.3 is 5.97 Å². The lowest BCUT2D eigenvalue weighted by atomic mass is 10.1. The number of hydrogen-bond donors (Lipinski definition) is 0. The third-order valence-electron chi connectivity index (χ3n) is 3.14. The Balaban J connectivity index is 2.32. The number of carbonyl (C=O) groups excluding carboxylic acids is 1. The van der Waals surface area contributed by atoms with Gasteiger partial charge in [0.05, 0.1) is 6.61 Å². The van der Waals surface area contributed by atoms with E-state index in [4.69, 9.17) is 10.00 Å². The van der Waals surface area contributed by atoms with Crippen LogP contribution in [0, 0.1) is 11.3 Å². The van der Waals surface area contributed by atoms with Crippen molar-refractivity contribution in [2.75, 3.05) is 11.5 Å². The lowest BCUT2D eigenvalue weighted by molar-refractivity contribution is -0.138. The van der Waals surface area contributed by atoms with Gasteiger partial charge in [-0.3, -0.25) is 0 Å². The molecule has 4 nitrogen and oxygen atoms in total. The summed E-state index contributed by atoms with van der Waals surface area (Å²) in [5.74, 6) is -0.568. The van der Waals surface area contributed by atoms with Crippen molar-refractivity contribution in [3.8, 4) is 6.07 Å². The van der Waals surface area contributed by atoms with Gasteiger partial charge in [-0.05, 0) is 31.9 Å². The molecule has 0 N–H and O–H groups in total. The molecule has 0 bridgehead atoms. The molecule has 0 saturated heterocycles. The van der Waals surface area contributed by atoms with Crippen molar-refractivity contribution in [2.45, 2.75) is 26.3 Å². The maximum absolute atomic E-state index is 11.6. The summed E-state index contributed by atoms with van der Waals surface area (Å²) in [6, 6.07) is 10.2. The molecule has 1 aromatic carbocycles.